The zero-order valence-electron chi connectivity index (χ0n) is 6.02. The second-order valence-corrected chi connectivity index (χ2v) is 6.03. The third-order valence-electron chi connectivity index (χ3n) is 2.39. The second-order valence-electron chi connectivity index (χ2n) is 2.94. The Bertz CT molecular complexity index is 70.5. The van der Waals surface area contributed by atoms with Crippen molar-refractivity contribution in [2.75, 3.05) is 6.66 Å². The van der Waals surface area contributed by atoms with E-state index < -0.39 is 0 Å². The molecule has 48 valence electrons. The molecule has 0 N–H and O–H groups in total. The highest BCUT2D eigenvalue weighted by molar-refractivity contribution is 7.58. The average molecular weight is 130 g/mol. The molecule has 0 bridgehead atoms. The molecule has 1 fully saturated rings. The van der Waals surface area contributed by atoms with Crippen LogP contribution in [0.15, 0.2) is 0 Å². The molecule has 8 heavy (non-hydrogen) atoms. The maximum atomic E-state index is 2.44. The van der Waals surface area contributed by atoms with Gasteiger partial charge in [-0.15, -0.1) is 7.92 Å². The molecule has 0 aromatic rings. The molecule has 0 aliphatic carbocycles. The highest BCUT2D eigenvalue weighted by atomic mass is 31.1. The van der Waals surface area contributed by atoms with Gasteiger partial charge in [-0.2, -0.15) is 0 Å². The first-order valence-electron chi connectivity index (χ1n) is 3.43. The van der Waals surface area contributed by atoms with E-state index in [1.165, 1.54) is 12.8 Å². The largest absolute Gasteiger partial charge is 0.104 e. The van der Waals surface area contributed by atoms with Crippen molar-refractivity contribution in [3.63, 3.8) is 0 Å². The van der Waals surface area contributed by atoms with Crippen molar-refractivity contribution in [3.05, 3.63) is 0 Å². The van der Waals surface area contributed by atoms with E-state index >= 15 is 0 Å². The van der Waals surface area contributed by atoms with E-state index in [9.17, 15) is 0 Å². The van der Waals surface area contributed by atoms with Gasteiger partial charge < -0.3 is 0 Å². The van der Waals surface area contributed by atoms with Gasteiger partial charge in [0.1, 0.15) is 0 Å². The van der Waals surface area contributed by atoms with Crippen molar-refractivity contribution < 1.29 is 0 Å². The van der Waals surface area contributed by atoms with E-state index in [0.717, 1.165) is 11.3 Å². The van der Waals surface area contributed by atoms with Crippen LogP contribution in [-0.2, 0) is 0 Å². The summed E-state index contributed by atoms with van der Waals surface area (Å²) in [6, 6.07) is 0. The summed E-state index contributed by atoms with van der Waals surface area (Å²) in [7, 11) is 0.413. The fourth-order valence-corrected chi connectivity index (χ4v) is 3.31. The van der Waals surface area contributed by atoms with Crippen molar-refractivity contribution in [1.82, 2.24) is 0 Å². The van der Waals surface area contributed by atoms with Crippen LogP contribution in [0.25, 0.3) is 0 Å². The van der Waals surface area contributed by atoms with Crippen molar-refractivity contribution in [2.45, 2.75) is 38.0 Å². The first-order valence-corrected chi connectivity index (χ1v) is 5.36. The number of hydrogen-bond acceptors (Lipinski definition) is 0. The molecule has 2 atom stereocenters. The van der Waals surface area contributed by atoms with E-state index in [2.05, 4.69) is 20.5 Å². The summed E-state index contributed by atoms with van der Waals surface area (Å²) in [5.41, 5.74) is 2.11. The Labute approximate surface area is 53.4 Å². The molecule has 1 aliphatic heterocycles. The smallest absolute Gasteiger partial charge is 0.0237 e. The van der Waals surface area contributed by atoms with Crippen LogP contribution >= 0.6 is 7.92 Å². The quantitative estimate of drug-likeness (QED) is 0.442. The van der Waals surface area contributed by atoms with E-state index in [-0.39, 0.29) is 0 Å². The summed E-state index contributed by atoms with van der Waals surface area (Å²) in [6.45, 7) is 7.24. The molecule has 0 aromatic carbocycles. The predicted molar refractivity (Wildman–Crippen MR) is 41.0 cm³/mol. The highest BCUT2D eigenvalue weighted by Crippen LogP contribution is 2.51. The van der Waals surface area contributed by atoms with Gasteiger partial charge in [-0.25, -0.2) is 0 Å². The first kappa shape index (κ1) is 6.55. The van der Waals surface area contributed by atoms with Gasteiger partial charge in [0.25, 0.3) is 0 Å². The molecule has 1 heteroatoms. The highest BCUT2D eigenvalue weighted by Gasteiger charge is 2.24. The molecule has 0 unspecified atom stereocenters. The average Bonchev–Trinajstić information content (AvgIpc) is 1.98. The van der Waals surface area contributed by atoms with Crippen LogP contribution in [0, 0.1) is 0 Å². The molecule has 0 nitrogen and oxygen atoms in total. The maximum Gasteiger partial charge on any atom is -0.0237 e. The summed E-state index contributed by atoms with van der Waals surface area (Å²) in [5.74, 6) is 0. The maximum absolute atomic E-state index is 2.44. The second kappa shape index (κ2) is 2.35. The van der Waals surface area contributed by atoms with Crippen LogP contribution in [0.1, 0.15) is 26.7 Å². The Hall–Kier alpha value is 0.430. The topological polar surface area (TPSA) is 0 Å². The zero-order chi connectivity index (χ0) is 6.15. The van der Waals surface area contributed by atoms with Crippen LogP contribution in [0.4, 0.5) is 0 Å². The summed E-state index contributed by atoms with van der Waals surface area (Å²) in [6.07, 6.45) is 2.98. The molecular formula is C7H15P. The monoisotopic (exact) mass is 130 g/mol. The van der Waals surface area contributed by atoms with Gasteiger partial charge in [0.2, 0.25) is 0 Å². The molecular weight excluding hydrogens is 115 g/mol. The van der Waals surface area contributed by atoms with Crippen molar-refractivity contribution in [1.29, 1.82) is 0 Å². The molecule has 0 spiro atoms. The molecule has 0 radical (unpaired) electrons. The van der Waals surface area contributed by atoms with Crippen molar-refractivity contribution >= 4 is 7.92 Å². The van der Waals surface area contributed by atoms with Gasteiger partial charge in [-0.3, -0.25) is 0 Å². The Kier molecular flexibility index (Phi) is 1.92. The van der Waals surface area contributed by atoms with E-state index in [4.69, 9.17) is 0 Å². The van der Waals surface area contributed by atoms with Crippen LogP contribution in [0.5, 0.6) is 0 Å². The number of rotatable bonds is 0. The minimum atomic E-state index is 0.413. The summed E-state index contributed by atoms with van der Waals surface area (Å²) in [5, 5.41) is 0. The van der Waals surface area contributed by atoms with Gasteiger partial charge >= 0.3 is 0 Å². The van der Waals surface area contributed by atoms with E-state index in [0.29, 0.717) is 7.92 Å². The summed E-state index contributed by atoms with van der Waals surface area (Å²) < 4.78 is 0. The lowest BCUT2D eigenvalue weighted by Crippen LogP contribution is -1.92. The van der Waals surface area contributed by atoms with Crippen molar-refractivity contribution in [3.8, 4) is 0 Å². The molecule has 1 saturated heterocycles. The fourth-order valence-electron chi connectivity index (χ4n) is 1.32. The standard InChI is InChI=1S/C7H15P/c1-6-4-5-7(2)8(6)3/h6-7H,4-5H2,1-3H3/t6-,7-/m0/s1. The lowest BCUT2D eigenvalue weighted by atomic mass is 10.2. The molecule has 0 saturated carbocycles. The fraction of sp³-hybridized carbons (Fsp3) is 1.00. The van der Waals surface area contributed by atoms with Gasteiger partial charge in [0.05, 0.1) is 0 Å². The lowest BCUT2D eigenvalue weighted by Gasteiger charge is -2.13. The predicted octanol–water partition coefficient (Wildman–Crippen LogP) is 2.67. The Morgan fingerprint density at radius 2 is 1.50 bits per heavy atom. The summed E-state index contributed by atoms with van der Waals surface area (Å²) in [4.78, 5) is 0. The zero-order valence-corrected chi connectivity index (χ0v) is 6.91. The van der Waals surface area contributed by atoms with Crippen LogP contribution < -0.4 is 0 Å². The summed E-state index contributed by atoms with van der Waals surface area (Å²) >= 11 is 0. The molecule has 1 heterocycles. The van der Waals surface area contributed by atoms with Crippen molar-refractivity contribution in [2.24, 2.45) is 0 Å². The molecule has 1 rings (SSSR count). The van der Waals surface area contributed by atoms with Gasteiger partial charge in [-0.05, 0) is 30.8 Å². The van der Waals surface area contributed by atoms with Gasteiger partial charge in [0, 0.05) is 0 Å². The SMILES string of the molecule is C[C@H]1CC[C@H](C)P1C. The van der Waals surface area contributed by atoms with Gasteiger partial charge in [-0.1, -0.05) is 13.8 Å². The van der Waals surface area contributed by atoms with Crippen LogP contribution in [0.3, 0.4) is 0 Å². The molecule has 1 aliphatic rings. The van der Waals surface area contributed by atoms with Crippen LogP contribution in [0.2, 0.25) is 0 Å². The molecule has 0 aromatic heterocycles. The minimum absolute atomic E-state index is 0.413. The third kappa shape index (κ3) is 1.05. The van der Waals surface area contributed by atoms with E-state index in [1.807, 2.05) is 0 Å². The normalized spacial score (nSPS) is 40.9. The van der Waals surface area contributed by atoms with Gasteiger partial charge in [0.15, 0.2) is 0 Å². The Morgan fingerprint density at radius 1 is 1.12 bits per heavy atom. The lowest BCUT2D eigenvalue weighted by molar-refractivity contribution is 0.777. The van der Waals surface area contributed by atoms with E-state index in [1.54, 1.807) is 0 Å². The third-order valence-corrected chi connectivity index (χ3v) is 5.69. The molecule has 0 amide bonds. The van der Waals surface area contributed by atoms with Crippen LogP contribution in [-0.4, -0.2) is 18.0 Å². The first-order chi connectivity index (χ1) is 3.72. The number of hydrogen-bond donors (Lipinski definition) is 0. The minimum Gasteiger partial charge on any atom is -0.104 e. The Balaban J connectivity index is 2.44. The Morgan fingerprint density at radius 3 is 1.62 bits per heavy atom.